The Hall–Kier alpha value is -2.94. The Balaban J connectivity index is 2.24. The van der Waals surface area contributed by atoms with Crippen molar-refractivity contribution in [3.05, 3.63) is 42.5 Å². The van der Waals surface area contributed by atoms with Gasteiger partial charge in [0, 0.05) is 12.1 Å². The maximum atomic E-state index is 12.5. The van der Waals surface area contributed by atoms with Crippen LogP contribution < -0.4 is 23.8 Å². The Bertz CT molecular complexity index is 914. The number of hydrogen-bond acceptors (Lipinski definition) is 6. The minimum atomic E-state index is -3.69. The fourth-order valence-electron chi connectivity index (χ4n) is 2.39. The van der Waals surface area contributed by atoms with E-state index in [1.54, 1.807) is 42.5 Å². The summed E-state index contributed by atoms with van der Waals surface area (Å²) in [5.41, 5.74) is 0.732. The van der Waals surface area contributed by atoms with E-state index in [2.05, 4.69) is 5.32 Å². The van der Waals surface area contributed by atoms with Crippen LogP contribution in [0.5, 0.6) is 17.2 Å². The zero-order valence-corrected chi connectivity index (χ0v) is 16.4. The second-order valence-electron chi connectivity index (χ2n) is 5.59. The highest BCUT2D eigenvalue weighted by atomic mass is 32.2. The van der Waals surface area contributed by atoms with E-state index in [0.717, 1.165) is 10.6 Å². The van der Waals surface area contributed by atoms with Crippen molar-refractivity contribution in [2.24, 2.45) is 0 Å². The smallest absolute Gasteiger partial charge is 0.245 e. The van der Waals surface area contributed by atoms with Gasteiger partial charge in [-0.15, -0.1) is 0 Å². The van der Waals surface area contributed by atoms with Crippen molar-refractivity contribution in [2.75, 3.05) is 43.8 Å². The maximum Gasteiger partial charge on any atom is 0.245 e. The van der Waals surface area contributed by atoms with Gasteiger partial charge in [-0.2, -0.15) is 0 Å². The number of nitrogens with one attached hydrogen (secondary N) is 1. The molecule has 2 aromatic rings. The second kappa shape index (κ2) is 8.63. The summed E-state index contributed by atoms with van der Waals surface area (Å²) in [7, 11) is 0.769. The lowest BCUT2D eigenvalue weighted by atomic mass is 10.2. The molecule has 0 saturated carbocycles. The van der Waals surface area contributed by atoms with Crippen LogP contribution in [0.4, 0.5) is 11.4 Å². The van der Waals surface area contributed by atoms with E-state index in [1.807, 2.05) is 0 Å². The van der Waals surface area contributed by atoms with Gasteiger partial charge in [-0.3, -0.25) is 9.10 Å². The van der Waals surface area contributed by atoms with Crippen LogP contribution in [-0.4, -0.2) is 48.5 Å². The van der Waals surface area contributed by atoms with Crippen molar-refractivity contribution in [3.63, 3.8) is 0 Å². The van der Waals surface area contributed by atoms with E-state index in [1.165, 1.54) is 21.3 Å². The summed E-state index contributed by atoms with van der Waals surface area (Å²) in [6, 6.07) is 11.4. The lowest BCUT2D eigenvalue weighted by Gasteiger charge is -2.22. The molecule has 0 radical (unpaired) electrons. The number of hydrogen-bond donors (Lipinski definition) is 1. The molecular formula is C18H22N2O6S. The zero-order valence-electron chi connectivity index (χ0n) is 15.6. The summed E-state index contributed by atoms with van der Waals surface area (Å²) >= 11 is 0. The summed E-state index contributed by atoms with van der Waals surface area (Å²) in [4.78, 5) is 12.5. The lowest BCUT2D eigenvalue weighted by Crippen LogP contribution is -2.37. The van der Waals surface area contributed by atoms with E-state index >= 15 is 0 Å². The van der Waals surface area contributed by atoms with Gasteiger partial charge in [-0.1, -0.05) is 6.07 Å². The van der Waals surface area contributed by atoms with E-state index in [-0.39, 0.29) is 0 Å². The van der Waals surface area contributed by atoms with E-state index in [4.69, 9.17) is 14.2 Å². The summed E-state index contributed by atoms with van der Waals surface area (Å²) in [5, 5.41) is 2.66. The third-order valence-corrected chi connectivity index (χ3v) is 4.85. The van der Waals surface area contributed by atoms with Gasteiger partial charge in [0.2, 0.25) is 15.9 Å². The Kier molecular flexibility index (Phi) is 6.51. The van der Waals surface area contributed by atoms with Crippen LogP contribution >= 0.6 is 0 Å². The topological polar surface area (TPSA) is 94.2 Å². The van der Waals surface area contributed by atoms with Crippen LogP contribution in [0.2, 0.25) is 0 Å². The minimum Gasteiger partial charge on any atom is -0.497 e. The molecule has 0 unspecified atom stereocenters. The van der Waals surface area contributed by atoms with Crippen molar-refractivity contribution in [1.82, 2.24) is 0 Å². The largest absolute Gasteiger partial charge is 0.497 e. The molecule has 2 aromatic carbocycles. The molecule has 0 aliphatic carbocycles. The first-order valence-corrected chi connectivity index (χ1v) is 9.77. The summed E-state index contributed by atoms with van der Waals surface area (Å²) in [5.74, 6) is 0.930. The minimum absolute atomic E-state index is 0.327. The van der Waals surface area contributed by atoms with Crippen LogP contribution in [0.25, 0.3) is 0 Å². The molecular weight excluding hydrogens is 372 g/mol. The molecule has 0 spiro atoms. The average molecular weight is 394 g/mol. The number of methoxy groups -OCH3 is 3. The van der Waals surface area contributed by atoms with Gasteiger partial charge < -0.3 is 19.5 Å². The number of carbonyl (C=O) groups is 1. The number of sulfonamides is 1. The van der Waals surface area contributed by atoms with Gasteiger partial charge in [0.1, 0.15) is 23.8 Å². The standard InChI is InChI=1S/C18H22N2O6S/c1-24-14-7-5-6-13(10-14)20(27(4,22)23)12-18(21)19-16-9-8-15(25-2)11-17(16)26-3/h5-11H,12H2,1-4H3,(H,19,21). The quantitative estimate of drug-likeness (QED) is 0.737. The molecule has 9 heteroatoms. The highest BCUT2D eigenvalue weighted by Crippen LogP contribution is 2.29. The fourth-order valence-corrected chi connectivity index (χ4v) is 3.24. The first-order valence-electron chi connectivity index (χ1n) is 7.92. The molecule has 27 heavy (non-hydrogen) atoms. The molecule has 146 valence electrons. The molecule has 0 saturated heterocycles. The van der Waals surface area contributed by atoms with E-state index in [0.29, 0.717) is 28.6 Å². The number of carbonyl (C=O) groups excluding carboxylic acids is 1. The highest BCUT2D eigenvalue weighted by Gasteiger charge is 2.22. The van der Waals surface area contributed by atoms with Crippen molar-refractivity contribution < 1.29 is 27.4 Å². The summed E-state index contributed by atoms with van der Waals surface area (Å²) in [6.45, 7) is -0.402. The Morgan fingerprint density at radius 2 is 1.67 bits per heavy atom. The number of amides is 1. The predicted octanol–water partition coefficient (Wildman–Crippen LogP) is 2.12. The molecule has 0 atom stereocenters. The Labute approximate surface area is 158 Å². The zero-order chi connectivity index (χ0) is 20.0. The van der Waals surface area contributed by atoms with Crippen molar-refractivity contribution >= 4 is 27.3 Å². The van der Waals surface area contributed by atoms with Crippen molar-refractivity contribution in [1.29, 1.82) is 0 Å². The molecule has 1 N–H and O–H groups in total. The van der Waals surface area contributed by atoms with Gasteiger partial charge >= 0.3 is 0 Å². The van der Waals surface area contributed by atoms with Gasteiger partial charge in [0.15, 0.2) is 0 Å². The molecule has 0 aromatic heterocycles. The van der Waals surface area contributed by atoms with Crippen LogP contribution in [-0.2, 0) is 14.8 Å². The van der Waals surface area contributed by atoms with Crippen LogP contribution in [0, 0.1) is 0 Å². The molecule has 0 aliphatic rings. The molecule has 0 heterocycles. The van der Waals surface area contributed by atoms with Crippen LogP contribution in [0.15, 0.2) is 42.5 Å². The summed E-state index contributed by atoms with van der Waals surface area (Å²) < 4.78 is 40.8. The van der Waals surface area contributed by atoms with Gasteiger partial charge in [0.25, 0.3) is 0 Å². The number of rotatable bonds is 8. The van der Waals surface area contributed by atoms with E-state index in [9.17, 15) is 13.2 Å². The van der Waals surface area contributed by atoms with Gasteiger partial charge in [-0.25, -0.2) is 8.42 Å². The van der Waals surface area contributed by atoms with Crippen molar-refractivity contribution in [3.8, 4) is 17.2 Å². The van der Waals surface area contributed by atoms with Crippen LogP contribution in [0.3, 0.4) is 0 Å². The molecule has 1 amide bonds. The Morgan fingerprint density at radius 3 is 2.26 bits per heavy atom. The molecule has 0 fully saturated rings. The Morgan fingerprint density at radius 1 is 1.00 bits per heavy atom. The van der Waals surface area contributed by atoms with Crippen LogP contribution in [0.1, 0.15) is 0 Å². The second-order valence-corrected chi connectivity index (χ2v) is 7.49. The highest BCUT2D eigenvalue weighted by molar-refractivity contribution is 7.92. The fraction of sp³-hybridized carbons (Fsp3) is 0.278. The van der Waals surface area contributed by atoms with Gasteiger partial charge in [-0.05, 0) is 24.3 Å². The first kappa shape index (κ1) is 20.4. The average Bonchev–Trinajstić information content (AvgIpc) is 2.65. The SMILES string of the molecule is COc1cccc(N(CC(=O)Nc2ccc(OC)cc2OC)S(C)(=O)=O)c1. The van der Waals surface area contributed by atoms with E-state index < -0.39 is 22.5 Å². The maximum absolute atomic E-state index is 12.5. The molecule has 2 rings (SSSR count). The predicted molar refractivity (Wildman–Crippen MR) is 103 cm³/mol. The number of ether oxygens (including phenoxy) is 3. The first-order chi connectivity index (χ1) is 12.8. The molecule has 8 nitrogen and oxygen atoms in total. The van der Waals surface area contributed by atoms with Crippen molar-refractivity contribution in [2.45, 2.75) is 0 Å². The molecule has 0 bridgehead atoms. The third-order valence-electron chi connectivity index (χ3n) is 3.71. The lowest BCUT2D eigenvalue weighted by molar-refractivity contribution is -0.114. The summed E-state index contributed by atoms with van der Waals surface area (Å²) in [6.07, 6.45) is 1.04. The monoisotopic (exact) mass is 394 g/mol. The molecule has 0 aliphatic heterocycles. The number of nitrogens with zero attached hydrogens (tertiary/aromatic N) is 1. The third kappa shape index (κ3) is 5.27. The van der Waals surface area contributed by atoms with Gasteiger partial charge in [0.05, 0.1) is 39.0 Å². The number of anilines is 2. The number of benzene rings is 2. The normalized spacial score (nSPS) is 10.8.